The molecule has 0 amide bonds. The highest BCUT2D eigenvalue weighted by Crippen LogP contribution is 2.25. The number of rotatable bonds is 5. The maximum atomic E-state index is 11.1. The Hall–Kier alpha value is -1.71. The van der Waals surface area contributed by atoms with Gasteiger partial charge in [0, 0.05) is 6.07 Å². The van der Waals surface area contributed by atoms with E-state index in [1.165, 1.54) is 0 Å². The van der Waals surface area contributed by atoms with Crippen molar-refractivity contribution in [2.24, 2.45) is 0 Å². The standard InChI is InChI=1S/C12H16O4/c1-4-12(2,11(13)14)16-10-7-5-6-9(8-10)15-3/h5-8H,4H2,1-3H3,(H,13,14). The first kappa shape index (κ1) is 12.4. The fourth-order valence-corrected chi connectivity index (χ4v) is 1.19. The van der Waals surface area contributed by atoms with Crippen LogP contribution >= 0.6 is 0 Å². The number of aliphatic carboxylic acids is 1. The summed E-state index contributed by atoms with van der Waals surface area (Å²) < 4.78 is 10.5. The Morgan fingerprint density at radius 1 is 1.44 bits per heavy atom. The molecular formula is C12H16O4. The third kappa shape index (κ3) is 2.66. The molecule has 0 aromatic heterocycles. The molecule has 88 valence electrons. The van der Waals surface area contributed by atoms with Gasteiger partial charge in [-0.1, -0.05) is 13.0 Å². The van der Waals surface area contributed by atoms with Crippen molar-refractivity contribution in [3.8, 4) is 11.5 Å². The minimum atomic E-state index is -1.20. The van der Waals surface area contributed by atoms with Crippen LogP contribution in [0.2, 0.25) is 0 Å². The van der Waals surface area contributed by atoms with Gasteiger partial charge in [0.05, 0.1) is 7.11 Å². The van der Waals surface area contributed by atoms with E-state index in [-0.39, 0.29) is 0 Å². The van der Waals surface area contributed by atoms with Crippen molar-refractivity contribution in [1.29, 1.82) is 0 Å². The number of carboxylic acids is 1. The molecule has 0 aliphatic carbocycles. The van der Waals surface area contributed by atoms with Gasteiger partial charge in [0.25, 0.3) is 0 Å². The van der Waals surface area contributed by atoms with Gasteiger partial charge in [-0.25, -0.2) is 4.79 Å². The predicted octanol–water partition coefficient (Wildman–Crippen LogP) is 2.33. The Kier molecular flexibility index (Phi) is 3.77. The Balaban J connectivity index is 2.90. The zero-order valence-corrected chi connectivity index (χ0v) is 9.69. The van der Waals surface area contributed by atoms with Gasteiger partial charge in [0.2, 0.25) is 5.60 Å². The first-order chi connectivity index (χ1) is 7.51. The monoisotopic (exact) mass is 224 g/mol. The van der Waals surface area contributed by atoms with Gasteiger partial charge >= 0.3 is 5.97 Å². The van der Waals surface area contributed by atoms with E-state index < -0.39 is 11.6 Å². The summed E-state index contributed by atoms with van der Waals surface area (Å²) in [5.74, 6) is 0.158. The minimum absolute atomic E-state index is 0.388. The number of hydrogen-bond donors (Lipinski definition) is 1. The van der Waals surface area contributed by atoms with Gasteiger partial charge in [-0.05, 0) is 25.5 Å². The summed E-state index contributed by atoms with van der Waals surface area (Å²) in [6.07, 6.45) is 0.388. The quantitative estimate of drug-likeness (QED) is 0.834. The second-order valence-electron chi connectivity index (χ2n) is 3.67. The topological polar surface area (TPSA) is 55.8 Å². The fraction of sp³-hybridized carbons (Fsp3) is 0.417. The molecule has 0 saturated heterocycles. The highest BCUT2D eigenvalue weighted by molar-refractivity contribution is 5.77. The van der Waals surface area contributed by atoms with Gasteiger partial charge in [-0.15, -0.1) is 0 Å². The van der Waals surface area contributed by atoms with Crippen LogP contribution in [0.3, 0.4) is 0 Å². The van der Waals surface area contributed by atoms with Gasteiger partial charge in [-0.3, -0.25) is 0 Å². The normalized spacial score (nSPS) is 13.9. The van der Waals surface area contributed by atoms with E-state index in [9.17, 15) is 4.79 Å². The lowest BCUT2D eigenvalue weighted by Crippen LogP contribution is -2.40. The SMILES string of the molecule is CCC(C)(Oc1cccc(OC)c1)C(=O)O. The molecule has 0 radical (unpaired) electrons. The maximum Gasteiger partial charge on any atom is 0.347 e. The summed E-state index contributed by atoms with van der Waals surface area (Å²) in [5.41, 5.74) is -1.20. The first-order valence-electron chi connectivity index (χ1n) is 5.08. The molecule has 0 bridgehead atoms. The number of carbonyl (C=O) groups is 1. The zero-order valence-electron chi connectivity index (χ0n) is 9.69. The van der Waals surface area contributed by atoms with E-state index in [2.05, 4.69) is 0 Å². The molecule has 16 heavy (non-hydrogen) atoms. The van der Waals surface area contributed by atoms with Crippen molar-refractivity contribution >= 4 is 5.97 Å². The number of carboxylic acid groups (broad SMARTS) is 1. The largest absolute Gasteiger partial charge is 0.497 e. The Morgan fingerprint density at radius 3 is 2.56 bits per heavy atom. The highest BCUT2D eigenvalue weighted by atomic mass is 16.5. The summed E-state index contributed by atoms with van der Waals surface area (Å²) in [6, 6.07) is 6.90. The van der Waals surface area contributed by atoms with Crippen LogP contribution in [0, 0.1) is 0 Å². The summed E-state index contributed by atoms with van der Waals surface area (Å²) in [4.78, 5) is 11.1. The van der Waals surface area contributed by atoms with Crippen molar-refractivity contribution in [1.82, 2.24) is 0 Å². The molecule has 0 aliphatic heterocycles. The van der Waals surface area contributed by atoms with Crippen LogP contribution in [0.4, 0.5) is 0 Å². The van der Waals surface area contributed by atoms with Gasteiger partial charge in [0.15, 0.2) is 0 Å². The number of hydrogen-bond acceptors (Lipinski definition) is 3. The number of ether oxygens (including phenoxy) is 2. The van der Waals surface area contributed by atoms with Crippen LogP contribution in [-0.4, -0.2) is 23.8 Å². The van der Waals surface area contributed by atoms with E-state index in [1.807, 2.05) is 0 Å². The smallest absolute Gasteiger partial charge is 0.347 e. The van der Waals surface area contributed by atoms with Crippen LogP contribution in [0.1, 0.15) is 20.3 Å². The molecule has 0 aliphatic rings. The third-order valence-electron chi connectivity index (χ3n) is 2.51. The lowest BCUT2D eigenvalue weighted by molar-refractivity contribution is -0.154. The summed E-state index contributed by atoms with van der Waals surface area (Å²) in [7, 11) is 1.55. The van der Waals surface area contributed by atoms with E-state index in [1.54, 1.807) is 45.2 Å². The maximum absolute atomic E-state index is 11.1. The highest BCUT2D eigenvalue weighted by Gasteiger charge is 2.33. The molecular weight excluding hydrogens is 208 g/mol. The Bertz CT molecular complexity index is 375. The van der Waals surface area contributed by atoms with Crippen molar-refractivity contribution < 1.29 is 19.4 Å². The van der Waals surface area contributed by atoms with Crippen molar-refractivity contribution in [3.63, 3.8) is 0 Å². The van der Waals surface area contributed by atoms with Gasteiger partial charge in [0.1, 0.15) is 11.5 Å². The summed E-state index contributed by atoms with van der Waals surface area (Å²) >= 11 is 0. The van der Waals surface area contributed by atoms with E-state index in [4.69, 9.17) is 14.6 Å². The minimum Gasteiger partial charge on any atom is -0.497 e. The second-order valence-corrected chi connectivity index (χ2v) is 3.67. The van der Waals surface area contributed by atoms with E-state index >= 15 is 0 Å². The van der Waals surface area contributed by atoms with Crippen molar-refractivity contribution in [2.75, 3.05) is 7.11 Å². The van der Waals surface area contributed by atoms with Crippen LogP contribution < -0.4 is 9.47 Å². The van der Waals surface area contributed by atoms with Gasteiger partial charge in [-0.2, -0.15) is 0 Å². The lowest BCUT2D eigenvalue weighted by atomic mass is 10.0. The first-order valence-corrected chi connectivity index (χ1v) is 5.08. The van der Waals surface area contributed by atoms with Crippen molar-refractivity contribution in [3.05, 3.63) is 24.3 Å². The fourth-order valence-electron chi connectivity index (χ4n) is 1.19. The zero-order chi connectivity index (χ0) is 12.2. The number of methoxy groups -OCH3 is 1. The number of benzene rings is 1. The third-order valence-corrected chi connectivity index (χ3v) is 2.51. The summed E-state index contributed by atoms with van der Waals surface area (Å²) in [6.45, 7) is 3.32. The average molecular weight is 224 g/mol. The average Bonchev–Trinajstić information content (AvgIpc) is 2.29. The van der Waals surface area contributed by atoms with Crippen LogP contribution in [-0.2, 0) is 4.79 Å². The molecule has 4 heteroatoms. The van der Waals surface area contributed by atoms with Gasteiger partial charge < -0.3 is 14.6 Å². The van der Waals surface area contributed by atoms with Crippen molar-refractivity contribution in [2.45, 2.75) is 25.9 Å². The molecule has 1 aromatic rings. The Labute approximate surface area is 94.8 Å². The molecule has 1 rings (SSSR count). The van der Waals surface area contributed by atoms with Crippen LogP contribution in [0.15, 0.2) is 24.3 Å². The molecule has 1 atom stereocenters. The van der Waals surface area contributed by atoms with Crippen LogP contribution in [0.25, 0.3) is 0 Å². The van der Waals surface area contributed by atoms with E-state index in [0.29, 0.717) is 17.9 Å². The Morgan fingerprint density at radius 2 is 2.06 bits per heavy atom. The second kappa shape index (κ2) is 4.88. The molecule has 4 nitrogen and oxygen atoms in total. The molecule has 0 fully saturated rings. The van der Waals surface area contributed by atoms with Crippen LogP contribution in [0.5, 0.6) is 11.5 Å². The molecule has 0 saturated carbocycles. The molecule has 0 heterocycles. The molecule has 1 N–H and O–H groups in total. The lowest BCUT2D eigenvalue weighted by Gasteiger charge is -2.24. The molecule has 1 aromatic carbocycles. The predicted molar refractivity (Wildman–Crippen MR) is 60.0 cm³/mol. The summed E-state index contributed by atoms with van der Waals surface area (Å²) in [5, 5.41) is 9.06. The molecule has 1 unspecified atom stereocenters. The van der Waals surface area contributed by atoms with E-state index in [0.717, 1.165) is 0 Å². The molecule has 0 spiro atoms.